The van der Waals surface area contributed by atoms with Gasteiger partial charge in [0, 0.05) is 18.4 Å². The van der Waals surface area contributed by atoms with Crippen molar-refractivity contribution in [2.75, 3.05) is 22.6 Å². The molecule has 0 heterocycles. The highest BCUT2D eigenvalue weighted by molar-refractivity contribution is 7.90. The summed E-state index contributed by atoms with van der Waals surface area (Å²) in [7, 11) is -3.22. The molecule has 0 unspecified atom stereocenters. The minimum Gasteiger partial charge on any atom is -0.325 e. The van der Waals surface area contributed by atoms with Crippen LogP contribution in [0.15, 0.2) is 48.5 Å². The van der Waals surface area contributed by atoms with Gasteiger partial charge in [-0.25, -0.2) is 8.42 Å². The summed E-state index contributed by atoms with van der Waals surface area (Å²) in [5.41, 5.74) is 2.31. The third kappa shape index (κ3) is 6.04. The molecular weight excluding hydrogens is 340 g/mol. The van der Waals surface area contributed by atoms with Gasteiger partial charge in [0.1, 0.15) is 9.84 Å². The molecule has 0 saturated carbocycles. The first-order valence-electron chi connectivity index (χ1n) is 7.69. The molecule has 2 amide bonds. The number of para-hydroxylation sites is 1. The van der Waals surface area contributed by atoms with Crippen molar-refractivity contribution in [3.63, 3.8) is 0 Å². The monoisotopic (exact) mass is 360 g/mol. The van der Waals surface area contributed by atoms with Crippen LogP contribution in [0.1, 0.15) is 22.3 Å². The van der Waals surface area contributed by atoms with E-state index < -0.39 is 15.7 Å². The van der Waals surface area contributed by atoms with Gasteiger partial charge in [0.05, 0.1) is 17.0 Å². The zero-order valence-electron chi connectivity index (χ0n) is 14.1. The summed E-state index contributed by atoms with van der Waals surface area (Å²) in [5, 5.41) is 5.38. The summed E-state index contributed by atoms with van der Waals surface area (Å²) in [6.45, 7) is 1.92. The predicted molar refractivity (Wildman–Crippen MR) is 98.5 cm³/mol. The maximum Gasteiger partial charge on any atom is 0.257 e. The summed E-state index contributed by atoms with van der Waals surface area (Å²) in [6, 6.07) is 14.0. The highest BCUT2D eigenvalue weighted by Crippen LogP contribution is 2.18. The quantitative estimate of drug-likeness (QED) is 0.828. The van der Waals surface area contributed by atoms with E-state index in [4.69, 9.17) is 0 Å². The zero-order chi connectivity index (χ0) is 18.4. The van der Waals surface area contributed by atoms with Gasteiger partial charge >= 0.3 is 0 Å². The molecule has 0 radical (unpaired) electrons. The fraction of sp³-hybridized carbons (Fsp3) is 0.222. The minimum absolute atomic E-state index is 0.160. The molecule has 7 heteroatoms. The van der Waals surface area contributed by atoms with Crippen LogP contribution in [0.4, 0.5) is 11.4 Å². The average Bonchev–Trinajstić information content (AvgIpc) is 2.53. The van der Waals surface area contributed by atoms with Crippen LogP contribution in [0, 0.1) is 6.92 Å². The van der Waals surface area contributed by atoms with Gasteiger partial charge in [-0.2, -0.15) is 0 Å². The molecule has 2 rings (SSSR count). The number of carbonyl (C=O) groups is 2. The highest BCUT2D eigenvalue weighted by atomic mass is 32.2. The molecule has 0 fully saturated rings. The van der Waals surface area contributed by atoms with E-state index in [-0.39, 0.29) is 18.1 Å². The zero-order valence-corrected chi connectivity index (χ0v) is 14.9. The molecule has 0 spiro atoms. The molecule has 2 aromatic carbocycles. The maximum atomic E-state index is 12.5. The SMILES string of the molecule is Cc1cccc(NC(=O)c2ccccc2NC(=O)CCS(C)(=O)=O)c1. The van der Waals surface area contributed by atoms with E-state index in [1.807, 2.05) is 25.1 Å². The van der Waals surface area contributed by atoms with Crippen LogP contribution < -0.4 is 10.6 Å². The molecule has 6 nitrogen and oxygen atoms in total. The molecule has 2 N–H and O–H groups in total. The Morgan fingerprint density at radius 1 is 1.00 bits per heavy atom. The normalized spacial score (nSPS) is 11.0. The van der Waals surface area contributed by atoms with E-state index in [2.05, 4.69) is 10.6 Å². The minimum atomic E-state index is -3.22. The first kappa shape index (κ1) is 18.7. The molecule has 0 atom stereocenters. The van der Waals surface area contributed by atoms with Crippen LogP contribution in [0.5, 0.6) is 0 Å². The summed E-state index contributed by atoms with van der Waals surface area (Å²) in [5.74, 6) is -1.05. The van der Waals surface area contributed by atoms with E-state index in [9.17, 15) is 18.0 Å². The molecule has 2 aromatic rings. The molecule has 132 valence electrons. The van der Waals surface area contributed by atoms with Crippen LogP contribution in [0.25, 0.3) is 0 Å². The Hall–Kier alpha value is -2.67. The molecule has 0 aromatic heterocycles. The van der Waals surface area contributed by atoms with Crippen molar-refractivity contribution in [3.05, 3.63) is 59.7 Å². The van der Waals surface area contributed by atoms with E-state index in [1.54, 1.807) is 30.3 Å². The summed E-state index contributed by atoms with van der Waals surface area (Å²) in [4.78, 5) is 24.4. The van der Waals surface area contributed by atoms with Gasteiger partial charge < -0.3 is 10.6 Å². The topological polar surface area (TPSA) is 92.3 Å². The van der Waals surface area contributed by atoms with Crippen LogP contribution in [-0.4, -0.2) is 32.2 Å². The lowest BCUT2D eigenvalue weighted by Gasteiger charge is -2.11. The largest absolute Gasteiger partial charge is 0.325 e. The van der Waals surface area contributed by atoms with Crippen molar-refractivity contribution in [2.24, 2.45) is 0 Å². The van der Waals surface area contributed by atoms with Gasteiger partial charge in [-0.1, -0.05) is 24.3 Å². The lowest BCUT2D eigenvalue weighted by molar-refractivity contribution is -0.115. The van der Waals surface area contributed by atoms with Crippen LogP contribution in [0.2, 0.25) is 0 Å². The molecule has 0 bridgehead atoms. The van der Waals surface area contributed by atoms with Gasteiger partial charge in [-0.15, -0.1) is 0 Å². The van der Waals surface area contributed by atoms with E-state index in [0.29, 0.717) is 16.9 Å². The van der Waals surface area contributed by atoms with E-state index >= 15 is 0 Å². The number of aryl methyl sites for hydroxylation is 1. The second kappa shape index (κ2) is 7.94. The van der Waals surface area contributed by atoms with E-state index in [1.165, 1.54) is 0 Å². The molecular formula is C18H20N2O4S. The summed E-state index contributed by atoms with van der Waals surface area (Å²) >= 11 is 0. The number of sulfone groups is 1. The maximum absolute atomic E-state index is 12.5. The molecule has 0 aliphatic heterocycles. The van der Waals surface area contributed by atoms with Crippen molar-refractivity contribution in [2.45, 2.75) is 13.3 Å². The van der Waals surface area contributed by atoms with Crippen molar-refractivity contribution >= 4 is 33.0 Å². The number of carbonyl (C=O) groups excluding carboxylic acids is 2. The number of benzene rings is 2. The van der Waals surface area contributed by atoms with E-state index in [0.717, 1.165) is 11.8 Å². The number of amides is 2. The third-order valence-electron chi connectivity index (χ3n) is 3.42. The third-order valence-corrected chi connectivity index (χ3v) is 4.37. The van der Waals surface area contributed by atoms with Crippen molar-refractivity contribution in [1.82, 2.24) is 0 Å². The molecule has 0 aliphatic rings. The Labute approximate surface area is 147 Å². The fourth-order valence-corrected chi connectivity index (χ4v) is 2.76. The number of rotatable bonds is 6. The smallest absolute Gasteiger partial charge is 0.257 e. The predicted octanol–water partition coefficient (Wildman–Crippen LogP) is 2.62. The van der Waals surface area contributed by atoms with Gasteiger partial charge in [0.15, 0.2) is 0 Å². The van der Waals surface area contributed by atoms with Crippen molar-refractivity contribution in [3.8, 4) is 0 Å². The van der Waals surface area contributed by atoms with Crippen LogP contribution in [-0.2, 0) is 14.6 Å². The second-order valence-electron chi connectivity index (χ2n) is 5.80. The second-order valence-corrected chi connectivity index (χ2v) is 8.06. The average molecular weight is 360 g/mol. The molecule has 25 heavy (non-hydrogen) atoms. The first-order valence-corrected chi connectivity index (χ1v) is 9.75. The van der Waals surface area contributed by atoms with Crippen molar-refractivity contribution < 1.29 is 18.0 Å². The van der Waals surface area contributed by atoms with Crippen LogP contribution >= 0.6 is 0 Å². The highest BCUT2D eigenvalue weighted by Gasteiger charge is 2.14. The summed E-state index contributed by atoms with van der Waals surface area (Å²) in [6.07, 6.45) is 0.913. The number of nitrogens with one attached hydrogen (secondary N) is 2. The Morgan fingerprint density at radius 2 is 1.72 bits per heavy atom. The molecule has 0 aliphatic carbocycles. The Balaban J connectivity index is 2.11. The Kier molecular flexibility index (Phi) is 5.93. The standard InChI is InChI=1S/C18H20N2O4S/c1-13-6-5-7-14(12-13)19-18(22)15-8-3-4-9-16(15)20-17(21)10-11-25(2,23)24/h3-9,12H,10-11H2,1-2H3,(H,19,22)(H,20,21). The lowest BCUT2D eigenvalue weighted by atomic mass is 10.1. The number of hydrogen-bond donors (Lipinski definition) is 2. The van der Waals surface area contributed by atoms with Gasteiger partial charge in [-0.3, -0.25) is 9.59 Å². The Morgan fingerprint density at radius 3 is 2.40 bits per heavy atom. The van der Waals surface area contributed by atoms with Gasteiger partial charge in [-0.05, 0) is 36.8 Å². The van der Waals surface area contributed by atoms with Gasteiger partial charge in [0.2, 0.25) is 5.91 Å². The number of hydrogen-bond acceptors (Lipinski definition) is 4. The number of anilines is 2. The first-order chi connectivity index (χ1) is 11.7. The molecule has 0 saturated heterocycles. The lowest BCUT2D eigenvalue weighted by Crippen LogP contribution is -2.20. The Bertz CT molecular complexity index is 891. The van der Waals surface area contributed by atoms with Crippen LogP contribution in [0.3, 0.4) is 0 Å². The van der Waals surface area contributed by atoms with Crippen molar-refractivity contribution in [1.29, 1.82) is 0 Å². The van der Waals surface area contributed by atoms with Gasteiger partial charge in [0.25, 0.3) is 5.91 Å². The fourth-order valence-electron chi connectivity index (χ4n) is 2.20. The summed E-state index contributed by atoms with van der Waals surface area (Å²) < 4.78 is 22.3.